The van der Waals surface area contributed by atoms with Crippen LogP contribution in [0.4, 0.5) is 4.39 Å². The van der Waals surface area contributed by atoms with Crippen LogP contribution in [0.25, 0.3) is 0 Å². The van der Waals surface area contributed by atoms with E-state index in [1.807, 2.05) is 0 Å². The molecule has 0 aliphatic rings. The van der Waals surface area contributed by atoms with Gasteiger partial charge in [0.2, 0.25) is 0 Å². The van der Waals surface area contributed by atoms with Crippen molar-refractivity contribution in [3.8, 4) is 0 Å². The zero-order chi connectivity index (χ0) is 14.0. The number of benzene rings is 2. The van der Waals surface area contributed by atoms with Gasteiger partial charge in [0.15, 0.2) is 0 Å². The Kier molecular flexibility index (Phi) is 4.38. The maximum atomic E-state index is 13.2. The van der Waals surface area contributed by atoms with Gasteiger partial charge in [0, 0.05) is 6.04 Å². The third kappa shape index (κ3) is 3.64. The number of aryl methyl sites for hydroxylation is 2. The molecule has 2 aromatic rings. The highest BCUT2D eigenvalue weighted by Gasteiger charge is 2.10. The average molecular weight is 322 g/mol. The van der Waals surface area contributed by atoms with E-state index in [2.05, 4.69) is 48.0 Å². The molecular weight excluding hydrogens is 305 g/mol. The summed E-state index contributed by atoms with van der Waals surface area (Å²) in [6, 6.07) is 11.2. The Balaban J connectivity index is 2.20. The summed E-state index contributed by atoms with van der Waals surface area (Å²) in [6.45, 7) is 4.16. The molecule has 1 unspecified atom stereocenters. The first-order valence-electron chi connectivity index (χ1n) is 6.23. The van der Waals surface area contributed by atoms with Gasteiger partial charge in [-0.2, -0.15) is 0 Å². The fourth-order valence-electron chi connectivity index (χ4n) is 2.30. The largest absolute Gasteiger partial charge is 0.324 e. The first-order chi connectivity index (χ1) is 8.95. The third-order valence-corrected chi connectivity index (χ3v) is 3.72. The van der Waals surface area contributed by atoms with E-state index in [9.17, 15) is 4.39 Å². The lowest BCUT2D eigenvalue weighted by molar-refractivity contribution is 0.617. The Bertz CT molecular complexity index is 575. The van der Waals surface area contributed by atoms with Crippen molar-refractivity contribution in [2.24, 2.45) is 5.73 Å². The number of halogens is 2. The predicted molar refractivity (Wildman–Crippen MR) is 80.6 cm³/mol. The summed E-state index contributed by atoms with van der Waals surface area (Å²) in [7, 11) is 0. The van der Waals surface area contributed by atoms with E-state index in [0.717, 1.165) is 12.0 Å². The fourth-order valence-corrected chi connectivity index (χ4v) is 2.70. The Morgan fingerprint density at radius 3 is 2.32 bits per heavy atom. The highest BCUT2D eigenvalue weighted by atomic mass is 79.9. The predicted octanol–water partition coefficient (Wildman–Crippen LogP) is 4.45. The molecule has 0 saturated carbocycles. The Labute approximate surface area is 121 Å². The molecule has 0 aliphatic carbocycles. The van der Waals surface area contributed by atoms with Gasteiger partial charge in [0.05, 0.1) is 4.47 Å². The molecule has 2 aromatic carbocycles. The van der Waals surface area contributed by atoms with Crippen LogP contribution < -0.4 is 5.73 Å². The van der Waals surface area contributed by atoms with E-state index in [-0.39, 0.29) is 11.9 Å². The third-order valence-electron chi connectivity index (χ3n) is 3.11. The summed E-state index contributed by atoms with van der Waals surface area (Å²) < 4.78 is 13.7. The minimum absolute atomic E-state index is 0.127. The molecule has 0 amide bonds. The normalized spacial score (nSPS) is 12.5. The van der Waals surface area contributed by atoms with E-state index in [0.29, 0.717) is 4.47 Å². The second-order valence-corrected chi connectivity index (χ2v) is 5.83. The van der Waals surface area contributed by atoms with Crippen LogP contribution in [0.1, 0.15) is 28.3 Å². The molecule has 0 saturated heterocycles. The number of rotatable bonds is 3. The first kappa shape index (κ1) is 14.2. The van der Waals surface area contributed by atoms with Crippen molar-refractivity contribution in [1.29, 1.82) is 0 Å². The fraction of sp³-hybridized carbons (Fsp3) is 0.250. The summed E-state index contributed by atoms with van der Waals surface area (Å²) in [5, 5.41) is 0. The summed E-state index contributed by atoms with van der Waals surface area (Å²) in [6.07, 6.45) is 0.751. The molecule has 1 atom stereocenters. The Morgan fingerprint density at radius 1 is 1.11 bits per heavy atom. The Hall–Kier alpha value is -1.19. The standard InChI is InChI=1S/C16H17BrFN/c1-10-5-11(2)7-12(6-10)8-16(19)13-3-4-15(18)14(17)9-13/h3-7,9,16H,8,19H2,1-2H3. The van der Waals surface area contributed by atoms with Gasteiger partial charge in [-0.1, -0.05) is 35.4 Å². The summed E-state index contributed by atoms with van der Waals surface area (Å²) >= 11 is 3.19. The van der Waals surface area contributed by atoms with Crippen LogP contribution in [0.3, 0.4) is 0 Å². The first-order valence-corrected chi connectivity index (χ1v) is 7.02. The van der Waals surface area contributed by atoms with Gasteiger partial charge in [0.25, 0.3) is 0 Å². The van der Waals surface area contributed by atoms with Crippen molar-refractivity contribution in [3.63, 3.8) is 0 Å². The van der Waals surface area contributed by atoms with Crippen LogP contribution in [0, 0.1) is 19.7 Å². The van der Waals surface area contributed by atoms with Crippen molar-refractivity contribution >= 4 is 15.9 Å². The highest BCUT2D eigenvalue weighted by Crippen LogP contribution is 2.23. The van der Waals surface area contributed by atoms with Crippen molar-refractivity contribution in [1.82, 2.24) is 0 Å². The summed E-state index contributed by atoms with van der Waals surface area (Å²) in [4.78, 5) is 0. The molecule has 0 aliphatic heterocycles. The number of nitrogens with two attached hydrogens (primary N) is 1. The average Bonchev–Trinajstić information content (AvgIpc) is 2.31. The lowest BCUT2D eigenvalue weighted by Crippen LogP contribution is -2.13. The monoisotopic (exact) mass is 321 g/mol. The lowest BCUT2D eigenvalue weighted by Gasteiger charge is -2.14. The second kappa shape index (κ2) is 5.85. The van der Waals surface area contributed by atoms with Crippen LogP contribution in [0.5, 0.6) is 0 Å². The molecule has 2 N–H and O–H groups in total. The van der Waals surface area contributed by atoms with Crippen LogP contribution in [-0.4, -0.2) is 0 Å². The molecule has 100 valence electrons. The molecule has 3 heteroatoms. The van der Waals surface area contributed by atoms with E-state index in [1.54, 1.807) is 12.1 Å². The summed E-state index contributed by atoms with van der Waals surface area (Å²) in [5.41, 5.74) is 10.8. The molecule has 1 nitrogen and oxygen atoms in total. The van der Waals surface area contributed by atoms with E-state index in [1.165, 1.54) is 22.8 Å². The SMILES string of the molecule is Cc1cc(C)cc(CC(N)c2ccc(F)c(Br)c2)c1. The van der Waals surface area contributed by atoms with Crippen LogP contribution in [0.15, 0.2) is 40.9 Å². The van der Waals surface area contributed by atoms with Crippen molar-refractivity contribution in [2.45, 2.75) is 26.3 Å². The van der Waals surface area contributed by atoms with E-state index in [4.69, 9.17) is 5.73 Å². The molecule has 2 rings (SSSR count). The van der Waals surface area contributed by atoms with Crippen molar-refractivity contribution in [2.75, 3.05) is 0 Å². The van der Waals surface area contributed by atoms with E-state index < -0.39 is 0 Å². The van der Waals surface area contributed by atoms with Gasteiger partial charge in [-0.05, 0) is 59.5 Å². The van der Waals surface area contributed by atoms with Crippen LogP contribution >= 0.6 is 15.9 Å². The van der Waals surface area contributed by atoms with Gasteiger partial charge < -0.3 is 5.73 Å². The van der Waals surface area contributed by atoms with Crippen molar-refractivity contribution in [3.05, 3.63) is 68.9 Å². The van der Waals surface area contributed by atoms with Gasteiger partial charge in [-0.15, -0.1) is 0 Å². The molecule has 0 aromatic heterocycles. The quantitative estimate of drug-likeness (QED) is 0.888. The smallest absolute Gasteiger partial charge is 0.137 e. The van der Waals surface area contributed by atoms with Crippen LogP contribution in [0.2, 0.25) is 0 Å². The molecule has 0 radical (unpaired) electrons. The second-order valence-electron chi connectivity index (χ2n) is 4.98. The van der Waals surface area contributed by atoms with Gasteiger partial charge in [-0.25, -0.2) is 4.39 Å². The van der Waals surface area contributed by atoms with E-state index >= 15 is 0 Å². The lowest BCUT2D eigenvalue weighted by atomic mass is 9.97. The zero-order valence-corrected chi connectivity index (χ0v) is 12.7. The molecule has 0 heterocycles. The molecule has 0 fully saturated rings. The molecule has 19 heavy (non-hydrogen) atoms. The van der Waals surface area contributed by atoms with Gasteiger partial charge in [0.1, 0.15) is 5.82 Å². The zero-order valence-electron chi connectivity index (χ0n) is 11.1. The highest BCUT2D eigenvalue weighted by molar-refractivity contribution is 9.10. The van der Waals surface area contributed by atoms with Gasteiger partial charge >= 0.3 is 0 Å². The molecule has 0 bridgehead atoms. The maximum Gasteiger partial charge on any atom is 0.137 e. The van der Waals surface area contributed by atoms with Gasteiger partial charge in [-0.3, -0.25) is 0 Å². The molecular formula is C16H17BrFN. The summed E-state index contributed by atoms with van der Waals surface area (Å²) in [5.74, 6) is -0.262. The minimum atomic E-state index is -0.262. The minimum Gasteiger partial charge on any atom is -0.324 e. The maximum absolute atomic E-state index is 13.2. The topological polar surface area (TPSA) is 26.0 Å². The number of hydrogen-bond acceptors (Lipinski definition) is 1. The number of hydrogen-bond donors (Lipinski definition) is 1. The van der Waals surface area contributed by atoms with Crippen molar-refractivity contribution < 1.29 is 4.39 Å². The molecule has 0 spiro atoms. The Morgan fingerprint density at radius 2 is 1.74 bits per heavy atom. The van der Waals surface area contributed by atoms with Crippen LogP contribution in [-0.2, 0) is 6.42 Å².